The summed E-state index contributed by atoms with van der Waals surface area (Å²) in [4.78, 5) is 40.7. The summed E-state index contributed by atoms with van der Waals surface area (Å²) in [5, 5.41) is 19.1. The van der Waals surface area contributed by atoms with Crippen LogP contribution in [0.25, 0.3) is 0 Å². The van der Waals surface area contributed by atoms with Gasteiger partial charge in [0.2, 0.25) is 0 Å². The van der Waals surface area contributed by atoms with Crippen LogP contribution < -0.4 is 0 Å². The number of likely N-dealkylation sites (tertiary alicyclic amines) is 1. The molecule has 1 unspecified atom stereocenters. The minimum atomic E-state index is -1.09. The molecule has 1 saturated heterocycles. The first kappa shape index (κ1) is 19.8. The van der Waals surface area contributed by atoms with E-state index in [0.29, 0.717) is 37.1 Å². The lowest BCUT2D eigenvalue weighted by Gasteiger charge is -2.39. The molecule has 1 aliphatic heterocycles. The van der Waals surface area contributed by atoms with Crippen LogP contribution in [-0.4, -0.2) is 51.0 Å². The number of nitrogens with zero attached hydrogens (tertiary/aromatic N) is 1. The number of nitrogens with one attached hydrogen (secondary N) is 1. The van der Waals surface area contributed by atoms with E-state index in [-0.39, 0.29) is 23.7 Å². The van der Waals surface area contributed by atoms with E-state index in [1.807, 2.05) is 19.9 Å². The van der Waals surface area contributed by atoms with Crippen molar-refractivity contribution in [2.75, 3.05) is 13.1 Å². The zero-order chi connectivity index (χ0) is 19.6. The van der Waals surface area contributed by atoms with Crippen molar-refractivity contribution >= 4 is 17.8 Å². The van der Waals surface area contributed by atoms with E-state index in [1.54, 1.807) is 13.8 Å². The molecule has 7 nitrogen and oxygen atoms in total. The Morgan fingerprint density at radius 1 is 1.23 bits per heavy atom. The first-order chi connectivity index (χ1) is 12.1. The number of hydrogen-bond donors (Lipinski definition) is 3. The van der Waals surface area contributed by atoms with E-state index in [9.17, 15) is 24.6 Å². The van der Waals surface area contributed by atoms with Crippen LogP contribution in [0.3, 0.4) is 0 Å². The molecule has 1 fully saturated rings. The number of hydrogen-bond acceptors (Lipinski definition) is 3. The molecule has 142 valence electrons. The highest BCUT2D eigenvalue weighted by molar-refractivity contribution is 6.00. The highest BCUT2D eigenvalue weighted by Crippen LogP contribution is 2.35. The molecule has 1 aromatic rings. The van der Waals surface area contributed by atoms with Gasteiger partial charge >= 0.3 is 11.9 Å². The third-order valence-corrected chi connectivity index (χ3v) is 5.08. The van der Waals surface area contributed by atoms with Gasteiger partial charge in [-0.1, -0.05) is 11.6 Å². The number of carboxylic acid groups (broad SMARTS) is 2. The van der Waals surface area contributed by atoms with Crippen molar-refractivity contribution in [3.63, 3.8) is 0 Å². The Balaban J connectivity index is 2.33. The van der Waals surface area contributed by atoms with E-state index >= 15 is 0 Å². The third-order valence-electron chi connectivity index (χ3n) is 5.08. The zero-order valence-electron chi connectivity index (χ0n) is 15.7. The predicted molar refractivity (Wildman–Crippen MR) is 96.5 cm³/mol. The van der Waals surface area contributed by atoms with Gasteiger partial charge in [0.25, 0.3) is 5.91 Å². The molecule has 7 heteroatoms. The van der Waals surface area contributed by atoms with Gasteiger partial charge in [-0.05, 0) is 52.5 Å². The third kappa shape index (κ3) is 3.66. The van der Waals surface area contributed by atoms with Crippen molar-refractivity contribution in [2.24, 2.45) is 5.41 Å². The van der Waals surface area contributed by atoms with Crippen molar-refractivity contribution in [1.29, 1.82) is 0 Å². The maximum Gasteiger partial charge on any atom is 0.337 e. The number of amides is 1. The van der Waals surface area contributed by atoms with Crippen molar-refractivity contribution < 1.29 is 24.6 Å². The fourth-order valence-electron chi connectivity index (χ4n) is 3.58. The Hall–Kier alpha value is -2.57. The smallest absolute Gasteiger partial charge is 0.337 e. The quantitative estimate of drug-likeness (QED) is 0.697. The molecule has 1 amide bonds. The fourth-order valence-corrected chi connectivity index (χ4v) is 3.58. The molecule has 0 saturated carbocycles. The normalized spacial score (nSPS) is 19.9. The average molecular weight is 362 g/mol. The molecule has 1 aromatic heterocycles. The number of carboxylic acids is 2. The molecule has 26 heavy (non-hydrogen) atoms. The highest BCUT2D eigenvalue weighted by Gasteiger charge is 2.43. The number of aryl methyl sites for hydroxylation is 1. The maximum atomic E-state index is 13.0. The number of piperidine rings is 1. The molecule has 0 bridgehead atoms. The van der Waals surface area contributed by atoms with Gasteiger partial charge < -0.3 is 20.1 Å². The molecule has 0 radical (unpaired) electrons. The number of aromatic amines is 1. The number of carbonyl (C=O) groups excluding carboxylic acids is 1. The predicted octanol–water partition coefficient (Wildman–Crippen LogP) is 2.99. The second-order valence-corrected chi connectivity index (χ2v) is 7.33. The van der Waals surface area contributed by atoms with Crippen molar-refractivity contribution in [3.05, 3.63) is 34.2 Å². The van der Waals surface area contributed by atoms with Crippen LogP contribution in [0.4, 0.5) is 0 Å². The van der Waals surface area contributed by atoms with Gasteiger partial charge in [-0.25, -0.2) is 4.79 Å². The summed E-state index contributed by atoms with van der Waals surface area (Å²) in [6, 6.07) is 0. The summed E-state index contributed by atoms with van der Waals surface area (Å²) >= 11 is 0. The molecule has 0 spiro atoms. The summed E-state index contributed by atoms with van der Waals surface area (Å²) in [6.45, 7) is 7.62. The summed E-state index contributed by atoms with van der Waals surface area (Å²) in [6.07, 6.45) is 3.38. The molecule has 3 N–H and O–H groups in total. The van der Waals surface area contributed by atoms with E-state index < -0.39 is 17.4 Å². The van der Waals surface area contributed by atoms with E-state index in [2.05, 4.69) is 4.98 Å². The number of H-pyrrole nitrogens is 1. The van der Waals surface area contributed by atoms with Gasteiger partial charge in [-0.15, -0.1) is 0 Å². The number of rotatable bonds is 5. The number of aliphatic carboxylic acids is 1. The standard InChI is InChI=1S/C19H26N2O5/c1-11(2)6-8-19(18(25)26)7-5-9-21(10-19)16(22)15-12(3)14(17(23)24)13(4)20-15/h6,20H,5,7-10H2,1-4H3,(H,23,24)(H,25,26). The van der Waals surface area contributed by atoms with E-state index in [1.165, 1.54) is 4.90 Å². The SMILES string of the molecule is CC(C)=CCC1(C(=O)O)CCCN(C(=O)c2[nH]c(C)c(C(=O)O)c2C)C1. The van der Waals surface area contributed by atoms with Gasteiger partial charge in [-0.3, -0.25) is 9.59 Å². The van der Waals surface area contributed by atoms with Crippen molar-refractivity contribution in [3.8, 4) is 0 Å². The van der Waals surface area contributed by atoms with Crippen LogP contribution in [-0.2, 0) is 4.79 Å². The number of carbonyl (C=O) groups is 3. The minimum absolute atomic E-state index is 0.0967. The molecular weight excluding hydrogens is 336 g/mol. The lowest BCUT2D eigenvalue weighted by atomic mass is 9.76. The zero-order valence-corrected chi connectivity index (χ0v) is 15.7. The van der Waals surface area contributed by atoms with Gasteiger partial charge in [0.05, 0.1) is 11.0 Å². The Labute approximate surface area is 152 Å². The topological polar surface area (TPSA) is 111 Å². The second kappa shape index (κ2) is 7.35. The first-order valence-electron chi connectivity index (χ1n) is 8.67. The van der Waals surface area contributed by atoms with Crippen molar-refractivity contribution in [1.82, 2.24) is 9.88 Å². The number of allylic oxidation sites excluding steroid dienone is 2. The summed E-state index contributed by atoms with van der Waals surface area (Å²) in [7, 11) is 0. The fraction of sp³-hybridized carbons (Fsp3) is 0.526. The van der Waals surface area contributed by atoms with Crippen LogP contribution in [0, 0.1) is 19.3 Å². The lowest BCUT2D eigenvalue weighted by Crippen LogP contribution is -2.50. The lowest BCUT2D eigenvalue weighted by molar-refractivity contribution is -0.151. The number of aromatic carboxylic acids is 1. The second-order valence-electron chi connectivity index (χ2n) is 7.33. The molecule has 1 atom stereocenters. The van der Waals surface area contributed by atoms with Gasteiger partial charge in [0, 0.05) is 18.8 Å². The average Bonchev–Trinajstić information content (AvgIpc) is 2.86. The van der Waals surface area contributed by atoms with Gasteiger partial charge in [0.15, 0.2) is 0 Å². The highest BCUT2D eigenvalue weighted by atomic mass is 16.4. The summed E-state index contributed by atoms with van der Waals surface area (Å²) < 4.78 is 0. The largest absolute Gasteiger partial charge is 0.481 e. The summed E-state index contributed by atoms with van der Waals surface area (Å²) in [5.74, 6) is -2.34. The van der Waals surface area contributed by atoms with Crippen LogP contribution in [0.1, 0.15) is 65.2 Å². The Bertz CT molecular complexity index is 773. The van der Waals surface area contributed by atoms with Crippen LogP contribution >= 0.6 is 0 Å². The van der Waals surface area contributed by atoms with E-state index in [4.69, 9.17) is 0 Å². The monoisotopic (exact) mass is 362 g/mol. The maximum absolute atomic E-state index is 13.0. The van der Waals surface area contributed by atoms with Crippen LogP contribution in [0.2, 0.25) is 0 Å². The molecule has 2 rings (SSSR count). The molecule has 0 aromatic carbocycles. The van der Waals surface area contributed by atoms with Crippen molar-refractivity contribution in [2.45, 2.75) is 47.0 Å². The Kier molecular flexibility index (Phi) is 5.59. The van der Waals surface area contributed by atoms with Crippen LogP contribution in [0.5, 0.6) is 0 Å². The van der Waals surface area contributed by atoms with Gasteiger partial charge in [-0.2, -0.15) is 0 Å². The molecular formula is C19H26N2O5. The van der Waals surface area contributed by atoms with Crippen LogP contribution in [0.15, 0.2) is 11.6 Å². The Morgan fingerprint density at radius 2 is 1.88 bits per heavy atom. The van der Waals surface area contributed by atoms with E-state index in [0.717, 1.165) is 5.57 Å². The number of aromatic nitrogens is 1. The molecule has 1 aliphatic rings. The summed E-state index contributed by atoms with van der Waals surface area (Å²) in [5.41, 5.74) is 1.16. The Morgan fingerprint density at radius 3 is 2.38 bits per heavy atom. The van der Waals surface area contributed by atoms with Gasteiger partial charge in [0.1, 0.15) is 5.69 Å². The molecule has 0 aliphatic carbocycles. The molecule has 2 heterocycles. The minimum Gasteiger partial charge on any atom is -0.481 e. The first-order valence-corrected chi connectivity index (χ1v) is 8.67.